The summed E-state index contributed by atoms with van der Waals surface area (Å²) in [5.41, 5.74) is 7.12. The van der Waals surface area contributed by atoms with E-state index >= 15 is 0 Å². The highest BCUT2D eigenvalue weighted by molar-refractivity contribution is 5.95. The largest absolute Gasteiger partial charge is 0.326 e. The molecule has 0 unspecified atom stereocenters. The number of benzene rings is 1. The van der Waals surface area contributed by atoms with Gasteiger partial charge < -0.3 is 16.4 Å². The van der Waals surface area contributed by atoms with Gasteiger partial charge in [0.05, 0.1) is 6.04 Å². The first-order valence-corrected chi connectivity index (χ1v) is 6.40. The summed E-state index contributed by atoms with van der Waals surface area (Å²) in [6.07, 6.45) is 0.432. The average Bonchev–Trinajstić information content (AvgIpc) is 2.39. The van der Waals surface area contributed by atoms with Gasteiger partial charge in [0.1, 0.15) is 0 Å². The summed E-state index contributed by atoms with van der Waals surface area (Å²) in [6, 6.07) is 6.42. The molecular weight excluding hydrogens is 278 g/mol. The molecule has 112 valence electrons. The topological polar surface area (TPSA) is 84.2 Å². The number of amides is 2. The fourth-order valence-corrected chi connectivity index (χ4v) is 1.41. The van der Waals surface area contributed by atoms with Crippen molar-refractivity contribution in [2.75, 3.05) is 10.6 Å². The summed E-state index contributed by atoms with van der Waals surface area (Å²) in [5, 5.41) is 5.48. The zero-order chi connectivity index (χ0) is 14.4. The molecule has 0 aromatic heterocycles. The highest BCUT2D eigenvalue weighted by Gasteiger charge is 2.16. The van der Waals surface area contributed by atoms with Gasteiger partial charge in [-0.25, -0.2) is 0 Å². The van der Waals surface area contributed by atoms with Crippen molar-refractivity contribution in [2.24, 2.45) is 11.7 Å². The maximum atomic E-state index is 11.8. The van der Waals surface area contributed by atoms with Crippen molar-refractivity contribution in [3.05, 3.63) is 24.3 Å². The van der Waals surface area contributed by atoms with Crippen molar-refractivity contribution < 1.29 is 9.59 Å². The summed E-state index contributed by atoms with van der Waals surface area (Å²) in [5.74, 6) is -0.165. The summed E-state index contributed by atoms with van der Waals surface area (Å²) < 4.78 is 0. The monoisotopic (exact) mass is 299 g/mol. The smallest absolute Gasteiger partial charge is 0.241 e. The van der Waals surface area contributed by atoms with Crippen LogP contribution in [0.25, 0.3) is 0 Å². The molecule has 4 N–H and O–H groups in total. The second kappa shape index (κ2) is 8.55. The third-order valence-corrected chi connectivity index (χ3v) is 2.78. The zero-order valence-electron chi connectivity index (χ0n) is 12.0. The number of nitrogens with one attached hydrogen (secondary N) is 2. The van der Waals surface area contributed by atoms with Gasteiger partial charge in [-0.2, -0.15) is 0 Å². The van der Waals surface area contributed by atoms with Crippen molar-refractivity contribution in [2.45, 2.75) is 33.2 Å². The zero-order valence-corrected chi connectivity index (χ0v) is 12.8. The molecule has 0 aliphatic carbocycles. The minimum Gasteiger partial charge on any atom is -0.326 e. The Morgan fingerprint density at radius 1 is 1.10 bits per heavy atom. The Kier molecular flexibility index (Phi) is 7.87. The quantitative estimate of drug-likeness (QED) is 0.780. The molecular formula is C14H22ClN3O2. The second-order valence-corrected chi connectivity index (χ2v) is 4.74. The molecule has 0 saturated carbocycles. The van der Waals surface area contributed by atoms with Gasteiger partial charge in [-0.1, -0.05) is 20.8 Å². The summed E-state index contributed by atoms with van der Waals surface area (Å²) in [7, 11) is 0. The molecule has 6 heteroatoms. The molecule has 0 aliphatic rings. The lowest BCUT2D eigenvalue weighted by Crippen LogP contribution is -2.39. The Balaban J connectivity index is 0.00000361. The summed E-state index contributed by atoms with van der Waals surface area (Å²) in [6.45, 7) is 5.58. The van der Waals surface area contributed by atoms with E-state index in [0.717, 1.165) is 0 Å². The lowest BCUT2D eigenvalue weighted by atomic mass is 10.0. The highest BCUT2D eigenvalue weighted by Crippen LogP contribution is 2.14. The Morgan fingerprint density at radius 3 is 1.95 bits per heavy atom. The predicted octanol–water partition coefficient (Wildman–Crippen LogP) is 2.38. The van der Waals surface area contributed by atoms with Crippen LogP contribution in [0.4, 0.5) is 11.4 Å². The van der Waals surface area contributed by atoms with Crippen molar-refractivity contribution in [3.63, 3.8) is 0 Å². The molecule has 0 radical (unpaired) electrons. The van der Waals surface area contributed by atoms with E-state index < -0.39 is 6.04 Å². The number of hydrogen-bond donors (Lipinski definition) is 3. The first-order valence-electron chi connectivity index (χ1n) is 6.40. The third kappa shape index (κ3) is 5.59. The van der Waals surface area contributed by atoms with Crippen LogP contribution in [-0.2, 0) is 9.59 Å². The van der Waals surface area contributed by atoms with Crippen LogP contribution in [0.3, 0.4) is 0 Å². The molecule has 0 heterocycles. The fourth-order valence-electron chi connectivity index (χ4n) is 1.41. The van der Waals surface area contributed by atoms with Crippen LogP contribution in [0, 0.1) is 5.92 Å². The first kappa shape index (κ1) is 18.4. The number of carbonyl (C=O) groups excluding carboxylic acids is 2. The Bertz CT molecular complexity index is 446. The average molecular weight is 300 g/mol. The molecule has 0 saturated heterocycles. The molecule has 2 amide bonds. The van der Waals surface area contributed by atoms with Gasteiger partial charge in [0.2, 0.25) is 11.8 Å². The Hall–Kier alpha value is -1.59. The molecule has 0 aliphatic heterocycles. The van der Waals surface area contributed by atoms with E-state index in [0.29, 0.717) is 17.8 Å². The Labute approximate surface area is 125 Å². The number of rotatable bonds is 5. The third-order valence-electron chi connectivity index (χ3n) is 2.78. The second-order valence-electron chi connectivity index (χ2n) is 4.74. The lowest BCUT2D eigenvalue weighted by molar-refractivity contribution is -0.118. The number of halogens is 1. The van der Waals surface area contributed by atoms with Crippen molar-refractivity contribution in [3.8, 4) is 0 Å². The number of anilines is 2. The van der Waals surface area contributed by atoms with Crippen LogP contribution in [-0.4, -0.2) is 17.9 Å². The standard InChI is InChI=1S/C14H21N3O2.ClH/c1-4-12(18)16-10-5-7-11(8-6-10)17-14(19)13(15)9(2)3;/h5-9,13H,4,15H2,1-3H3,(H,16,18)(H,17,19);1H/t13-;/m1./s1. The van der Waals surface area contributed by atoms with Crippen LogP contribution >= 0.6 is 12.4 Å². The lowest BCUT2D eigenvalue weighted by Gasteiger charge is -2.15. The van der Waals surface area contributed by atoms with Gasteiger partial charge in [0.15, 0.2) is 0 Å². The maximum absolute atomic E-state index is 11.8. The van der Waals surface area contributed by atoms with Gasteiger partial charge >= 0.3 is 0 Å². The maximum Gasteiger partial charge on any atom is 0.241 e. The molecule has 5 nitrogen and oxygen atoms in total. The van der Waals surface area contributed by atoms with Gasteiger partial charge in [0.25, 0.3) is 0 Å². The van der Waals surface area contributed by atoms with Gasteiger partial charge in [0, 0.05) is 17.8 Å². The van der Waals surface area contributed by atoms with E-state index in [1.54, 1.807) is 31.2 Å². The molecule has 1 atom stereocenters. The molecule has 1 rings (SSSR count). The van der Waals surface area contributed by atoms with Crippen LogP contribution in [0.1, 0.15) is 27.2 Å². The summed E-state index contributed by atoms with van der Waals surface area (Å²) >= 11 is 0. The molecule has 0 fully saturated rings. The van der Waals surface area contributed by atoms with E-state index in [9.17, 15) is 9.59 Å². The fraction of sp³-hybridized carbons (Fsp3) is 0.429. The minimum atomic E-state index is -0.528. The van der Waals surface area contributed by atoms with E-state index in [-0.39, 0.29) is 30.1 Å². The number of carbonyl (C=O) groups is 2. The molecule has 20 heavy (non-hydrogen) atoms. The van der Waals surface area contributed by atoms with E-state index in [1.165, 1.54) is 0 Å². The number of nitrogens with two attached hydrogens (primary N) is 1. The van der Waals surface area contributed by atoms with Crippen LogP contribution in [0.2, 0.25) is 0 Å². The van der Waals surface area contributed by atoms with Gasteiger partial charge in [-0.3, -0.25) is 9.59 Å². The molecule has 0 bridgehead atoms. The van der Waals surface area contributed by atoms with Gasteiger partial charge in [-0.15, -0.1) is 12.4 Å². The van der Waals surface area contributed by atoms with Gasteiger partial charge in [-0.05, 0) is 30.2 Å². The predicted molar refractivity (Wildman–Crippen MR) is 84.1 cm³/mol. The SMILES string of the molecule is CCC(=O)Nc1ccc(NC(=O)[C@H](N)C(C)C)cc1.Cl. The van der Waals surface area contributed by atoms with Crippen LogP contribution < -0.4 is 16.4 Å². The normalized spacial score (nSPS) is 11.4. The summed E-state index contributed by atoms with van der Waals surface area (Å²) in [4.78, 5) is 23.0. The molecule has 0 spiro atoms. The highest BCUT2D eigenvalue weighted by atomic mass is 35.5. The molecule has 1 aromatic carbocycles. The van der Waals surface area contributed by atoms with Crippen LogP contribution in [0.15, 0.2) is 24.3 Å². The Morgan fingerprint density at radius 2 is 1.55 bits per heavy atom. The van der Waals surface area contributed by atoms with Crippen LogP contribution in [0.5, 0.6) is 0 Å². The number of hydrogen-bond acceptors (Lipinski definition) is 3. The van der Waals surface area contributed by atoms with Crippen molar-refractivity contribution >= 4 is 35.6 Å². The minimum absolute atomic E-state index is 0. The van der Waals surface area contributed by atoms with E-state index in [1.807, 2.05) is 13.8 Å². The van der Waals surface area contributed by atoms with E-state index in [4.69, 9.17) is 5.73 Å². The first-order chi connectivity index (χ1) is 8.93. The molecule has 1 aromatic rings. The van der Waals surface area contributed by atoms with E-state index in [2.05, 4.69) is 10.6 Å². The van der Waals surface area contributed by atoms with Crippen molar-refractivity contribution in [1.82, 2.24) is 0 Å². The van der Waals surface area contributed by atoms with Crippen molar-refractivity contribution in [1.29, 1.82) is 0 Å².